The molecule has 2 aromatic rings. The van der Waals surface area contributed by atoms with Crippen LogP contribution in [0.1, 0.15) is 35.6 Å². The molecule has 0 aliphatic heterocycles. The first kappa shape index (κ1) is 15.6. The molecule has 0 N–H and O–H groups in total. The molecular formula is C14H20ClN5O. The van der Waals surface area contributed by atoms with Crippen molar-refractivity contribution in [2.45, 2.75) is 40.4 Å². The quantitative estimate of drug-likeness (QED) is 0.852. The van der Waals surface area contributed by atoms with Gasteiger partial charge < -0.3 is 4.90 Å². The molecule has 114 valence electrons. The lowest BCUT2D eigenvalue weighted by molar-refractivity contribution is 0.0780. The van der Waals surface area contributed by atoms with Gasteiger partial charge in [-0.2, -0.15) is 10.2 Å². The van der Waals surface area contributed by atoms with E-state index in [2.05, 4.69) is 10.2 Å². The Balaban J connectivity index is 2.19. The van der Waals surface area contributed by atoms with Crippen molar-refractivity contribution >= 4 is 17.5 Å². The third-order valence-electron chi connectivity index (χ3n) is 3.56. The lowest BCUT2D eigenvalue weighted by Gasteiger charge is -2.18. The van der Waals surface area contributed by atoms with Crippen LogP contribution in [-0.2, 0) is 19.6 Å². The Morgan fingerprint density at radius 2 is 1.86 bits per heavy atom. The van der Waals surface area contributed by atoms with Crippen LogP contribution in [0.4, 0.5) is 0 Å². The molecule has 2 aromatic heterocycles. The van der Waals surface area contributed by atoms with Crippen LogP contribution in [0.15, 0.2) is 12.4 Å². The summed E-state index contributed by atoms with van der Waals surface area (Å²) in [7, 11) is 1.76. The van der Waals surface area contributed by atoms with E-state index in [1.165, 1.54) is 0 Å². The van der Waals surface area contributed by atoms with Gasteiger partial charge in [-0.05, 0) is 20.8 Å². The summed E-state index contributed by atoms with van der Waals surface area (Å²) in [6.07, 6.45) is 3.23. The normalized spacial score (nSPS) is 10.9. The number of carbonyl (C=O) groups is 1. The van der Waals surface area contributed by atoms with Crippen molar-refractivity contribution in [3.05, 3.63) is 34.4 Å². The van der Waals surface area contributed by atoms with Crippen molar-refractivity contribution in [3.8, 4) is 0 Å². The summed E-state index contributed by atoms with van der Waals surface area (Å²) >= 11 is 6.14. The molecule has 2 rings (SSSR count). The predicted octanol–water partition coefficient (Wildman–Crippen LogP) is 2.35. The third kappa shape index (κ3) is 2.95. The summed E-state index contributed by atoms with van der Waals surface area (Å²) in [4.78, 5) is 14.2. The summed E-state index contributed by atoms with van der Waals surface area (Å²) in [5, 5.41) is 8.98. The zero-order valence-electron chi connectivity index (χ0n) is 12.8. The molecule has 0 saturated carbocycles. The Bertz CT molecular complexity index is 646. The molecule has 0 radical (unpaired) electrons. The van der Waals surface area contributed by atoms with E-state index < -0.39 is 0 Å². The highest BCUT2D eigenvalue weighted by Crippen LogP contribution is 2.18. The van der Waals surface area contributed by atoms with E-state index in [9.17, 15) is 4.79 Å². The van der Waals surface area contributed by atoms with Crippen molar-refractivity contribution < 1.29 is 4.79 Å². The van der Waals surface area contributed by atoms with E-state index in [1.54, 1.807) is 29.0 Å². The minimum absolute atomic E-state index is 0.0629. The number of hydrogen-bond acceptors (Lipinski definition) is 3. The highest BCUT2D eigenvalue weighted by Gasteiger charge is 2.20. The number of rotatable bonds is 5. The largest absolute Gasteiger partial charge is 0.336 e. The lowest BCUT2D eigenvalue weighted by atomic mass is 10.2. The molecule has 0 fully saturated rings. The van der Waals surface area contributed by atoms with Crippen molar-refractivity contribution in [1.82, 2.24) is 24.5 Å². The minimum atomic E-state index is -0.0629. The molecule has 2 heterocycles. The first-order valence-electron chi connectivity index (χ1n) is 6.97. The molecule has 0 saturated heterocycles. The third-order valence-corrected chi connectivity index (χ3v) is 3.88. The van der Waals surface area contributed by atoms with Crippen molar-refractivity contribution in [2.75, 3.05) is 7.05 Å². The molecule has 0 unspecified atom stereocenters. The molecule has 0 bridgehead atoms. The van der Waals surface area contributed by atoms with Gasteiger partial charge in [0.1, 0.15) is 0 Å². The predicted molar refractivity (Wildman–Crippen MR) is 81.3 cm³/mol. The van der Waals surface area contributed by atoms with Crippen LogP contribution in [0.3, 0.4) is 0 Å². The second-order valence-electron chi connectivity index (χ2n) is 4.88. The molecule has 0 aliphatic carbocycles. The minimum Gasteiger partial charge on any atom is -0.336 e. The average molecular weight is 310 g/mol. The summed E-state index contributed by atoms with van der Waals surface area (Å²) in [5.41, 5.74) is 2.35. The second kappa shape index (κ2) is 6.30. The Kier molecular flexibility index (Phi) is 4.67. The Hall–Kier alpha value is -1.82. The topological polar surface area (TPSA) is 56.0 Å². The van der Waals surface area contributed by atoms with Gasteiger partial charge in [0.2, 0.25) is 0 Å². The molecule has 21 heavy (non-hydrogen) atoms. The van der Waals surface area contributed by atoms with Crippen LogP contribution in [0.25, 0.3) is 0 Å². The maximum Gasteiger partial charge on any atom is 0.257 e. The Morgan fingerprint density at radius 3 is 2.43 bits per heavy atom. The Morgan fingerprint density at radius 1 is 1.24 bits per heavy atom. The van der Waals surface area contributed by atoms with Gasteiger partial charge in [0.25, 0.3) is 5.91 Å². The van der Waals surface area contributed by atoms with Crippen LogP contribution in [0, 0.1) is 6.92 Å². The number of aryl methyl sites for hydroxylation is 2. The first-order chi connectivity index (χ1) is 9.99. The summed E-state index contributed by atoms with van der Waals surface area (Å²) < 4.78 is 3.61. The standard InChI is InChI=1S/C14H20ClN5O/c1-5-19-10(3)11(7-16-19)14(21)18(4)9-13-12(15)8-17-20(13)6-2/h7-8H,5-6,9H2,1-4H3. The van der Waals surface area contributed by atoms with E-state index in [0.717, 1.165) is 24.5 Å². The number of aromatic nitrogens is 4. The van der Waals surface area contributed by atoms with Crippen LogP contribution < -0.4 is 0 Å². The van der Waals surface area contributed by atoms with E-state index in [0.29, 0.717) is 17.1 Å². The summed E-state index contributed by atoms with van der Waals surface area (Å²) in [5.74, 6) is -0.0629. The molecule has 6 nitrogen and oxygen atoms in total. The molecule has 0 aromatic carbocycles. The van der Waals surface area contributed by atoms with Crippen LogP contribution in [0.5, 0.6) is 0 Å². The van der Waals surface area contributed by atoms with E-state index in [-0.39, 0.29) is 5.91 Å². The lowest BCUT2D eigenvalue weighted by Crippen LogP contribution is -2.28. The molecule has 0 aliphatic rings. The van der Waals surface area contributed by atoms with Crippen molar-refractivity contribution in [1.29, 1.82) is 0 Å². The summed E-state index contributed by atoms with van der Waals surface area (Å²) in [6, 6.07) is 0. The molecule has 0 atom stereocenters. The fourth-order valence-corrected chi connectivity index (χ4v) is 2.50. The van der Waals surface area contributed by atoms with E-state index in [1.807, 2.05) is 25.5 Å². The average Bonchev–Trinajstić information content (AvgIpc) is 3.01. The number of carbonyl (C=O) groups excluding carboxylic acids is 1. The smallest absolute Gasteiger partial charge is 0.257 e. The monoisotopic (exact) mass is 309 g/mol. The van der Waals surface area contributed by atoms with Crippen molar-refractivity contribution in [3.63, 3.8) is 0 Å². The van der Waals surface area contributed by atoms with Crippen LogP contribution >= 0.6 is 11.6 Å². The SMILES string of the molecule is CCn1ncc(C(=O)N(C)Cc2c(Cl)cnn2CC)c1C. The van der Waals surface area contributed by atoms with Crippen molar-refractivity contribution in [2.24, 2.45) is 0 Å². The van der Waals surface area contributed by atoms with Crippen LogP contribution in [0.2, 0.25) is 5.02 Å². The number of nitrogens with zero attached hydrogens (tertiary/aromatic N) is 5. The van der Waals surface area contributed by atoms with Gasteiger partial charge in [-0.25, -0.2) is 0 Å². The molecular weight excluding hydrogens is 290 g/mol. The van der Waals surface area contributed by atoms with E-state index >= 15 is 0 Å². The fourth-order valence-electron chi connectivity index (χ4n) is 2.29. The maximum atomic E-state index is 12.5. The van der Waals surface area contributed by atoms with Gasteiger partial charge in [0.05, 0.1) is 35.2 Å². The number of amides is 1. The molecule has 1 amide bonds. The van der Waals surface area contributed by atoms with Crippen LogP contribution in [-0.4, -0.2) is 37.4 Å². The van der Waals surface area contributed by atoms with Gasteiger partial charge in [0.15, 0.2) is 0 Å². The zero-order chi connectivity index (χ0) is 15.6. The highest BCUT2D eigenvalue weighted by molar-refractivity contribution is 6.31. The molecule has 0 spiro atoms. The van der Waals surface area contributed by atoms with Gasteiger partial charge in [-0.1, -0.05) is 11.6 Å². The number of hydrogen-bond donors (Lipinski definition) is 0. The first-order valence-corrected chi connectivity index (χ1v) is 7.35. The maximum absolute atomic E-state index is 12.5. The fraction of sp³-hybridized carbons (Fsp3) is 0.500. The van der Waals surface area contributed by atoms with Gasteiger partial charge >= 0.3 is 0 Å². The van der Waals surface area contributed by atoms with Gasteiger partial charge in [-0.3, -0.25) is 14.2 Å². The molecule has 7 heteroatoms. The van der Waals surface area contributed by atoms with Gasteiger partial charge in [-0.15, -0.1) is 0 Å². The number of halogens is 1. The Labute approximate surface area is 129 Å². The highest BCUT2D eigenvalue weighted by atomic mass is 35.5. The second-order valence-corrected chi connectivity index (χ2v) is 5.28. The zero-order valence-corrected chi connectivity index (χ0v) is 13.6. The summed E-state index contributed by atoms with van der Waals surface area (Å²) in [6.45, 7) is 7.78. The van der Waals surface area contributed by atoms with Gasteiger partial charge in [0, 0.05) is 25.8 Å². The van der Waals surface area contributed by atoms with E-state index in [4.69, 9.17) is 11.6 Å².